The predicted octanol–water partition coefficient (Wildman–Crippen LogP) is -2.28. The highest BCUT2D eigenvalue weighted by atomic mass is 16.7. The summed E-state index contributed by atoms with van der Waals surface area (Å²) in [6.07, 6.45) is -12.7. The third-order valence-corrected chi connectivity index (χ3v) is 8.29. The summed E-state index contributed by atoms with van der Waals surface area (Å²) in [5.41, 5.74) is 0. The van der Waals surface area contributed by atoms with E-state index < -0.39 is 105 Å². The number of hydrogen-bond acceptors (Lipinski definition) is 13. The van der Waals surface area contributed by atoms with Gasteiger partial charge in [0.15, 0.2) is 18.7 Å². The van der Waals surface area contributed by atoms with E-state index in [4.69, 9.17) is 28.4 Å². The number of aliphatic carboxylic acids is 1. The molecule has 226 valence electrons. The molecule has 4 aliphatic rings. The molecule has 4 fully saturated rings. The summed E-state index contributed by atoms with van der Waals surface area (Å²) in [7, 11) is 0. The van der Waals surface area contributed by atoms with Gasteiger partial charge in [0.1, 0.15) is 42.7 Å². The number of carbonyl (C=O) groups is 1. The van der Waals surface area contributed by atoms with E-state index in [9.17, 15) is 40.5 Å². The Morgan fingerprint density at radius 3 is 2.23 bits per heavy atom. The highest BCUT2D eigenvalue weighted by Gasteiger charge is 2.52. The topological polar surface area (TPSA) is 214 Å². The van der Waals surface area contributed by atoms with Crippen molar-refractivity contribution >= 4 is 5.97 Å². The van der Waals surface area contributed by atoms with E-state index in [1.807, 2.05) is 6.92 Å². The second-order valence-electron chi connectivity index (χ2n) is 11.0. The minimum absolute atomic E-state index is 0.0421. The number of fused-ring (bicyclic) bond motifs is 1. The molecule has 39 heavy (non-hydrogen) atoms. The fraction of sp³-hybridized carbons (Fsp3) is 0.960. The van der Waals surface area contributed by atoms with Crippen LogP contribution in [0.25, 0.3) is 0 Å². The normalized spacial score (nSPS) is 49.5. The number of rotatable bonds is 7. The third kappa shape index (κ3) is 6.58. The molecule has 0 bridgehead atoms. The third-order valence-electron chi connectivity index (χ3n) is 8.29. The van der Waals surface area contributed by atoms with Crippen LogP contribution in [0.15, 0.2) is 0 Å². The second kappa shape index (κ2) is 13.3. The van der Waals surface area contributed by atoms with Gasteiger partial charge in [-0.15, -0.1) is 0 Å². The number of ether oxygens (including phenoxy) is 6. The fourth-order valence-electron chi connectivity index (χ4n) is 5.87. The van der Waals surface area contributed by atoms with Crippen molar-refractivity contribution in [3.8, 4) is 0 Å². The first kappa shape index (κ1) is 30.9. The van der Waals surface area contributed by atoms with Crippen LogP contribution in [0.4, 0.5) is 0 Å². The summed E-state index contributed by atoms with van der Waals surface area (Å²) >= 11 is 0. The Bertz CT molecular complexity index is 801. The molecule has 6 unspecified atom stereocenters. The summed E-state index contributed by atoms with van der Waals surface area (Å²) in [6, 6.07) is 0. The molecule has 14 heteroatoms. The Labute approximate surface area is 226 Å². The predicted molar refractivity (Wildman–Crippen MR) is 128 cm³/mol. The van der Waals surface area contributed by atoms with Crippen molar-refractivity contribution in [1.29, 1.82) is 0 Å². The van der Waals surface area contributed by atoms with Gasteiger partial charge in [-0.2, -0.15) is 0 Å². The molecule has 0 radical (unpaired) electrons. The van der Waals surface area contributed by atoms with E-state index >= 15 is 0 Å². The molecule has 0 amide bonds. The van der Waals surface area contributed by atoms with Gasteiger partial charge in [-0.05, 0) is 32.1 Å². The van der Waals surface area contributed by atoms with Crippen LogP contribution >= 0.6 is 0 Å². The number of aliphatic hydroxyl groups excluding tert-OH is 6. The fourth-order valence-corrected chi connectivity index (χ4v) is 5.87. The molecular formula is C25H42O14. The van der Waals surface area contributed by atoms with Crippen LogP contribution in [-0.4, -0.2) is 141 Å². The zero-order chi connectivity index (χ0) is 28.4. The molecule has 7 N–H and O–H groups in total. The molecule has 0 aromatic heterocycles. The molecule has 3 heterocycles. The van der Waals surface area contributed by atoms with Gasteiger partial charge in [0.25, 0.3) is 0 Å². The van der Waals surface area contributed by atoms with Crippen LogP contribution in [0.1, 0.15) is 39.5 Å². The summed E-state index contributed by atoms with van der Waals surface area (Å²) < 4.78 is 35.7. The molecule has 0 aromatic rings. The Hall–Kier alpha value is -1.01. The van der Waals surface area contributed by atoms with E-state index in [1.165, 1.54) is 0 Å². The molecule has 0 spiro atoms. The van der Waals surface area contributed by atoms with E-state index in [-0.39, 0.29) is 18.9 Å². The molecule has 4 rings (SSSR count). The molecule has 1 aliphatic carbocycles. The summed E-state index contributed by atoms with van der Waals surface area (Å²) in [5, 5.41) is 70.9. The van der Waals surface area contributed by atoms with Crippen molar-refractivity contribution in [3.05, 3.63) is 0 Å². The Morgan fingerprint density at radius 2 is 1.56 bits per heavy atom. The molecule has 0 aromatic carbocycles. The molecular weight excluding hydrogens is 524 g/mol. The van der Waals surface area contributed by atoms with Gasteiger partial charge in [0.2, 0.25) is 0 Å². The van der Waals surface area contributed by atoms with Crippen molar-refractivity contribution in [2.24, 2.45) is 11.8 Å². The monoisotopic (exact) mass is 566 g/mol. The van der Waals surface area contributed by atoms with Crippen LogP contribution in [0.3, 0.4) is 0 Å². The van der Waals surface area contributed by atoms with Crippen molar-refractivity contribution in [2.75, 3.05) is 19.8 Å². The van der Waals surface area contributed by atoms with Gasteiger partial charge in [0, 0.05) is 19.1 Å². The summed E-state index contributed by atoms with van der Waals surface area (Å²) in [6.45, 7) is 2.49. The van der Waals surface area contributed by atoms with Gasteiger partial charge >= 0.3 is 5.97 Å². The second-order valence-corrected chi connectivity index (χ2v) is 11.0. The molecule has 15 atom stereocenters. The van der Waals surface area contributed by atoms with Gasteiger partial charge in [0.05, 0.1) is 24.9 Å². The molecule has 1 saturated carbocycles. The molecule has 3 aliphatic heterocycles. The number of carboxylic acids is 1. The molecule has 14 nitrogen and oxygen atoms in total. The zero-order valence-electron chi connectivity index (χ0n) is 22.1. The van der Waals surface area contributed by atoms with Crippen LogP contribution in [-0.2, 0) is 33.2 Å². The van der Waals surface area contributed by atoms with E-state index in [0.717, 1.165) is 12.8 Å². The number of aliphatic hydroxyl groups is 6. The largest absolute Gasteiger partial charge is 0.479 e. The highest BCUT2D eigenvalue weighted by Crippen LogP contribution is 2.37. The summed E-state index contributed by atoms with van der Waals surface area (Å²) in [4.78, 5) is 11.9. The first-order chi connectivity index (χ1) is 18.6. The maximum Gasteiger partial charge on any atom is 0.333 e. The first-order valence-electron chi connectivity index (χ1n) is 13.6. The Balaban J connectivity index is 1.54. The SMILES string of the molecule is CC1O[C@@H](OC2[C@H](C)CCC[C@H]2O[C@@H]2OC(CO)[C@H](O)C3O[C@@H](C(=O)O)[C@H](CO)CCOC32)[C@@H](O)C(O)[C@@H]1O. The standard InChI is InChI=1S/C25H42O14/c1-10-4-3-5-13(19(10)39-24-18(31)17(30)15(28)11(2)35-24)36-25-22-21(16(29)14(9-27)37-25)38-20(23(32)33)12(8-26)6-7-34-22/h10-22,24-31H,3-9H2,1-2H3,(H,32,33)/t10-,11?,12+,13-,14?,15-,16+,17?,18+,19?,20-,21?,22?,24+,25-/m1/s1. The first-order valence-corrected chi connectivity index (χ1v) is 13.6. The maximum atomic E-state index is 11.9. The highest BCUT2D eigenvalue weighted by molar-refractivity contribution is 5.72. The number of carboxylic acid groups (broad SMARTS) is 1. The van der Waals surface area contributed by atoms with Crippen LogP contribution in [0.2, 0.25) is 0 Å². The zero-order valence-corrected chi connectivity index (χ0v) is 22.1. The maximum absolute atomic E-state index is 11.9. The van der Waals surface area contributed by atoms with Crippen molar-refractivity contribution < 1.29 is 69.0 Å². The quantitative estimate of drug-likeness (QED) is 0.173. The molecule has 3 saturated heterocycles. The lowest BCUT2D eigenvalue weighted by Gasteiger charge is -2.48. The summed E-state index contributed by atoms with van der Waals surface area (Å²) in [5.74, 6) is -2.12. The minimum Gasteiger partial charge on any atom is -0.479 e. The van der Waals surface area contributed by atoms with Crippen LogP contribution in [0.5, 0.6) is 0 Å². The minimum atomic E-state index is -1.50. The average Bonchev–Trinajstić information content (AvgIpc) is 2.89. The van der Waals surface area contributed by atoms with Crippen LogP contribution < -0.4 is 0 Å². The smallest absolute Gasteiger partial charge is 0.333 e. The van der Waals surface area contributed by atoms with Gasteiger partial charge in [-0.3, -0.25) is 0 Å². The van der Waals surface area contributed by atoms with Crippen LogP contribution in [0, 0.1) is 11.8 Å². The van der Waals surface area contributed by atoms with Crippen molar-refractivity contribution in [1.82, 2.24) is 0 Å². The Morgan fingerprint density at radius 1 is 0.821 bits per heavy atom. The van der Waals surface area contributed by atoms with Crippen molar-refractivity contribution in [2.45, 2.75) is 119 Å². The van der Waals surface area contributed by atoms with E-state index in [2.05, 4.69) is 0 Å². The van der Waals surface area contributed by atoms with Gasteiger partial charge in [-0.25, -0.2) is 4.79 Å². The van der Waals surface area contributed by atoms with E-state index in [1.54, 1.807) is 6.92 Å². The van der Waals surface area contributed by atoms with Crippen molar-refractivity contribution in [3.63, 3.8) is 0 Å². The number of hydrogen-bond donors (Lipinski definition) is 7. The van der Waals surface area contributed by atoms with Gasteiger partial charge < -0.3 is 64.2 Å². The van der Waals surface area contributed by atoms with Gasteiger partial charge in [-0.1, -0.05) is 13.3 Å². The lowest BCUT2D eigenvalue weighted by atomic mass is 9.85. The lowest BCUT2D eigenvalue weighted by molar-refractivity contribution is -0.356. The van der Waals surface area contributed by atoms with E-state index in [0.29, 0.717) is 6.42 Å². The average molecular weight is 567 g/mol. The lowest BCUT2D eigenvalue weighted by Crippen LogP contribution is -2.64. The Kier molecular flexibility index (Phi) is 10.6.